The lowest BCUT2D eigenvalue weighted by Crippen LogP contribution is -2.34. The van der Waals surface area contributed by atoms with E-state index in [1.807, 2.05) is 5.38 Å². The molecule has 1 saturated carbocycles. The zero-order valence-electron chi connectivity index (χ0n) is 11.2. The molecule has 2 N–H and O–H groups in total. The monoisotopic (exact) mass is 283 g/mol. The Balaban J connectivity index is 1.57. The van der Waals surface area contributed by atoms with Gasteiger partial charge in [0.15, 0.2) is 5.13 Å². The van der Waals surface area contributed by atoms with Gasteiger partial charge in [-0.3, -0.25) is 5.32 Å². The minimum Gasteiger partial charge on any atom is -0.376 e. The molecule has 6 heteroatoms. The van der Waals surface area contributed by atoms with Crippen molar-refractivity contribution >= 4 is 22.5 Å². The molecule has 1 heterocycles. The maximum Gasteiger partial charge on any atom is 0.321 e. The lowest BCUT2D eigenvalue weighted by Gasteiger charge is -2.28. The van der Waals surface area contributed by atoms with Crippen LogP contribution >= 0.6 is 11.3 Å². The van der Waals surface area contributed by atoms with E-state index in [0.717, 1.165) is 6.42 Å². The molecule has 2 rings (SSSR count). The largest absolute Gasteiger partial charge is 0.376 e. The Bertz CT molecular complexity index is 383. The maximum absolute atomic E-state index is 11.5. The number of nitrogens with one attached hydrogen (secondary N) is 2. The summed E-state index contributed by atoms with van der Waals surface area (Å²) < 4.78 is 5.83. The van der Waals surface area contributed by atoms with Crippen LogP contribution in [-0.4, -0.2) is 30.3 Å². The second kappa shape index (κ2) is 7.45. The van der Waals surface area contributed by atoms with Crippen molar-refractivity contribution in [2.75, 3.05) is 18.5 Å². The first-order valence-electron chi connectivity index (χ1n) is 6.81. The number of carbonyl (C=O) groups is 1. The first-order chi connectivity index (χ1) is 9.25. The van der Waals surface area contributed by atoms with Gasteiger partial charge in [-0.05, 0) is 18.8 Å². The van der Waals surface area contributed by atoms with E-state index < -0.39 is 0 Å². The molecule has 106 valence electrons. The van der Waals surface area contributed by atoms with Gasteiger partial charge in [0.2, 0.25) is 0 Å². The van der Waals surface area contributed by atoms with E-state index in [-0.39, 0.29) is 6.03 Å². The Morgan fingerprint density at radius 2 is 2.37 bits per heavy atom. The quantitative estimate of drug-likeness (QED) is 0.817. The van der Waals surface area contributed by atoms with E-state index in [1.165, 1.54) is 30.6 Å². The first kappa shape index (κ1) is 14.3. The molecule has 19 heavy (non-hydrogen) atoms. The number of thiazole rings is 1. The van der Waals surface area contributed by atoms with Gasteiger partial charge in [-0.15, -0.1) is 11.3 Å². The number of aromatic nitrogens is 1. The summed E-state index contributed by atoms with van der Waals surface area (Å²) in [4.78, 5) is 15.5. The Hall–Kier alpha value is -1.14. The van der Waals surface area contributed by atoms with Gasteiger partial charge in [-0.25, -0.2) is 9.78 Å². The molecular formula is C13H21N3O2S. The van der Waals surface area contributed by atoms with Gasteiger partial charge in [0.25, 0.3) is 0 Å². The Kier molecular flexibility index (Phi) is 5.60. The van der Waals surface area contributed by atoms with Crippen LogP contribution in [0.2, 0.25) is 0 Å². The average Bonchev–Trinajstić information content (AvgIpc) is 2.89. The number of urea groups is 1. The molecule has 0 unspecified atom stereocenters. The van der Waals surface area contributed by atoms with Crippen molar-refractivity contribution in [1.82, 2.24) is 10.3 Å². The predicted octanol–water partition coefficient (Wildman–Crippen LogP) is 2.86. The predicted molar refractivity (Wildman–Crippen MR) is 76.5 cm³/mol. The first-order valence-corrected chi connectivity index (χ1v) is 7.69. The second-order valence-corrected chi connectivity index (χ2v) is 5.78. The average molecular weight is 283 g/mol. The van der Waals surface area contributed by atoms with Crippen LogP contribution in [0.15, 0.2) is 11.6 Å². The summed E-state index contributed by atoms with van der Waals surface area (Å²) in [5.41, 5.74) is 0. The number of hydrogen-bond donors (Lipinski definition) is 2. The van der Waals surface area contributed by atoms with E-state index in [2.05, 4.69) is 22.5 Å². The fraction of sp³-hybridized carbons (Fsp3) is 0.692. The van der Waals surface area contributed by atoms with E-state index in [9.17, 15) is 4.79 Å². The van der Waals surface area contributed by atoms with Gasteiger partial charge in [-0.1, -0.05) is 19.8 Å². The molecule has 1 fully saturated rings. The summed E-state index contributed by atoms with van der Waals surface area (Å²) in [6.45, 7) is 3.34. The highest BCUT2D eigenvalue weighted by Crippen LogP contribution is 2.25. The number of ether oxygens (including phenoxy) is 1. The van der Waals surface area contributed by atoms with Gasteiger partial charge in [0.05, 0.1) is 12.7 Å². The van der Waals surface area contributed by atoms with E-state index in [1.54, 1.807) is 6.20 Å². The van der Waals surface area contributed by atoms with Crippen molar-refractivity contribution in [3.05, 3.63) is 11.6 Å². The van der Waals surface area contributed by atoms with Gasteiger partial charge >= 0.3 is 6.03 Å². The molecular weight excluding hydrogens is 262 g/mol. The van der Waals surface area contributed by atoms with Crippen molar-refractivity contribution in [3.63, 3.8) is 0 Å². The molecule has 2 amide bonds. The smallest absolute Gasteiger partial charge is 0.321 e. The summed E-state index contributed by atoms with van der Waals surface area (Å²) in [5, 5.41) is 7.87. The van der Waals surface area contributed by atoms with Gasteiger partial charge < -0.3 is 10.1 Å². The van der Waals surface area contributed by atoms with Crippen LogP contribution in [0.3, 0.4) is 0 Å². The van der Waals surface area contributed by atoms with Crippen molar-refractivity contribution in [3.8, 4) is 0 Å². The number of carbonyl (C=O) groups excluding carboxylic acids is 1. The molecule has 2 atom stereocenters. The summed E-state index contributed by atoms with van der Waals surface area (Å²) in [6.07, 6.45) is 6.99. The molecule has 0 aromatic carbocycles. The lowest BCUT2D eigenvalue weighted by atomic mass is 9.88. The van der Waals surface area contributed by atoms with Crippen LogP contribution in [-0.2, 0) is 4.74 Å². The normalized spacial score (nSPS) is 23.0. The van der Waals surface area contributed by atoms with Crippen LogP contribution < -0.4 is 10.6 Å². The Morgan fingerprint density at radius 3 is 3.11 bits per heavy atom. The number of hydrogen-bond acceptors (Lipinski definition) is 4. The number of anilines is 1. The molecule has 1 aliphatic carbocycles. The molecule has 5 nitrogen and oxygen atoms in total. The molecule has 0 bridgehead atoms. The second-order valence-electron chi connectivity index (χ2n) is 4.89. The SMILES string of the molecule is C[C@@H]1CCCC[C@H]1OCCNC(=O)Nc1nccs1. The third kappa shape index (κ3) is 4.80. The van der Waals surface area contributed by atoms with Crippen LogP contribution in [0.25, 0.3) is 0 Å². The lowest BCUT2D eigenvalue weighted by molar-refractivity contribution is -0.00232. The third-order valence-electron chi connectivity index (χ3n) is 3.41. The highest BCUT2D eigenvalue weighted by Gasteiger charge is 2.21. The number of rotatable bonds is 5. The van der Waals surface area contributed by atoms with E-state index >= 15 is 0 Å². The van der Waals surface area contributed by atoms with Gasteiger partial charge in [0.1, 0.15) is 0 Å². The zero-order valence-corrected chi connectivity index (χ0v) is 12.0. The fourth-order valence-corrected chi connectivity index (χ4v) is 2.86. The molecule has 0 saturated heterocycles. The topological polar surface area (TPSA) is 63.2 Å². The van der Waals surface area contributed by atoms with Crippen molar-refractivity contribution in [1.29, 1.82) is 0 Å². The van der Waals surface area contributed by atoms with Crippen LogP contribution in [0.5, 0.6) is 0 Å². The number of nitrogens with zero attached hydrogens (tertiary/aromatic N) is 1. The van der Waals surface area contributed by atoms with Gasteiger partial charge in [-0.2, -0.15) is 0 Å². The summed E-state index contributed by atoms with van der Waals surface area (Å²) in [7, 11) is 0. The molecule has 1 aliphatic rings. The van der Waals surface area contributed by atoms with Crippen LogP contribution in [0.4, 0.5) is 9.93 Å². The molecule has 0 spiro atoms. The van der Waals surface area contributed by atoms with E-state index in [4.69, 9.17) is 4.74 Å². The Labute approximate surface area is 117 Å². The summed E-state index contributed by atoms with van der Waals surface area (Å²) in [5.74, 6) is 0.637. The maximum atomic E-state index is 11.5. The third-order valence-corrected chi connectivity index (χ3v) is 4.09. The number of amides is 2. The molecule has 0 radical (unpaired) electrons. The minimum atomic E-state index is -0.227. The van der Waals surface area contributed by atoms with Crippen LogP contribution in [0, 0.1) is 5.92 Å². The zero-order chi connectivity index (χ0) is 13.5. The fourth-order valence-electron chi connectivity index (χ4n) is 2.33. The summed E-state index contributed by atoms with van der Waals surface area (Å²) >= 11 is 1.40. The standard InChI is InChI=1S/C13H21N3O2S/c1-10-4-2-3-5-11(10)18-8-6-14-12(17)16-13-15-7-9-19-13/h7,9-11H,2-6,8H2,1H3,(H2,14,15,16,17)/t10-,11-/m1/s1. The van der Waals surface area contributed by atoms with Crippen molar-refractivity contribution < 1.29 is 9.53 Å². The Morgan fingerprint density at radius 1 is 1.53 bits per heavy atom. The van der Waals surface area contributed by atoms with Crippen molar-refractivity contribution in [2.24, 2.45) is 5.92 Å². The molecule has 1 aromatic heterocycles. The van der Waals surface area contributed by atoms with E-state index in [0.29, 0.717) is 30.3 Å². The van der Waals surface area contributed by atoms with Crippen LogP contribution in [0.1, 0.15) is 32.6 Å². The van der Waals surface area contributed by atoms with Gasteiger partial charge in [0, 0.05) is 18.1 Å². The molecule has 1 aromatic rings. The molecule has 0 aliphatic heterocycles. The van der Waals surface area contributed by atoms with Crippen molar-refractivity contribution in [2.45, 2.75) is 38.7 Å². The highest BCUT2D eigenvalue weighted by atomic mass is 32.1. The highest BCUT2D eigenvalue weighted by molar-refractivity contribution is 7.13. The minimum absolute atomic E-state index is 0.227. The summed E-state index contributed by atoms with van der Waals surface area (Å²) in [6, 6.07) is -0.227.